The smallest absolute Gasteiger partial charge is 0.358 e. The summed E-state index contributed by atoms with van der Waals surface area (Å²) in [6, 6.07) is 8.70. The van der Waals surface area contributed by atoms with Gasteiger partial charge in [-0.15, -0.1) is 0 Å². The fourth-order valence-corrected chi connectivity index (χ4v) is 3.04. The number of hydrogen-bond donors (Lipinski definition) is 0. The Morgan fingerprint density at radius 2 is 1.96 bits per heavy atom. The molecule has 0 N–H and O–H groups in total. The number of nitrogens with zero attached hydrogens (tertiary/aromatic N) is 4. The van der Waals surface area contributed by atoms with Gasteiger partial charge in [-0.25, -0.2) is 0 Å². The summed E-state index contributed by atoms with van der Waals surface area (Å²) in [5.41, 5.74) is 0.799. The van der Waals surface area contributed by atoms with E-state index in [1.807, 2.05) is 35.2 Å². The van der Waals surface area contributed by atoms with Gasteiger partial charge in [0.2, 0.25) is 12.2 Å². The number of benzene rings is 1. The predicted molar refractivity (Wildman–Crippen MR) is 88.4 cm³/mol. The number of likely N-dealkylation sites (tertiary alicyclic amines) is 1. The summed E-state index contributed by atoms with van der Waals surface area (Å²) < 4.78 is 1.54. The molecule has 2 aromatic rings. The van der Waals surface area contributed by atoms with E-state index in [0.29, 0.717) is 5.92 Å². The van der Waals surface area contributed by atoms with Gasteiger partial charge in [0.05, 0.1) is 0 Å². The van der Waals surface area contributed by atoms with Crippen LogP contribution in [0.1, 0.15) is 31.4 Å². The van der Waals surface area contributed by atoms with E-state index in [1.165, 1.54) is 17.1 Å². The number of rotatable bonds is 4. The number of piperidine rings is 1. The lowest BCUT2D eigenvalue weighted by Gasteiger charge is -2.33. The zero-order valence-corrected chi connectivity index (χ0v) is 13.5. The number of carbonyl (C=O) groups is 1. The Kier molecular flexibility index (Phi) is 4.59. The van der Waals surface area contributed by atoms with Gasteiger partial charge in [-0.1, -0.05) is 37.3 Å². The van der Waals surface area contributed by atoms with Crippen LogP contribution in [0, 0.1) is 16.0 Å². The molecule has 1 unspecified atom stereocenters. The molecule has 1 aliphatic heterocycles. The van der Waals surface area contributed by atoms with Gasteiger partial charge in [-0.2, -0.15) is 0 Å². The number of carbonyl (C=O) groups excluding carboxylic acids is 1. The minimum absolute atomic E-state index is 0.0413. The number of aromatic nitrogens is 2. The molecule has 0 radical (unpaired) electrons. The van der Waals surface area contributed by atoms with Gasteiger partial charge in [0, 0.05) is 13.1 Å². The van der Waals surface area contributed by atoms with Crippen LogP contribution in [0.25, 0.3) is 0 Å². The minimum Gasteiger partial charge on any atom is -0.358 e. The second kappa shape index (κ2) is 6.82. The Labute approximate surface area is 140 Å². The Morgan fingerprint density at radius 1 is 1.29 bits per heavy atom. The van der Waals surface area contributed by atoms with Crippen molar-refractivity contribution in [2.75, 3.05) is 13.1 Å². The number of imidazole rings is 1. The van der Waals surface area contributed by atoms with Gasteiger partial charge in [0.15, 0.2) is 0 Å². The van der Waals surface area contributed by atoms with Crippen molar-refractivity contribution < 1.29 is 9.72 Å². The quantitative estimate of drug-likeness (QED) is 0.638. The summed E-state index contributed by atoms with van der Waals surface area (Å²) in [6.45, 7) is 3.63. The average Bonchev–Trinajstić information content (AvgIpc) is 3.06. The van der Waals surface area contributed by atoms with Crippen molar-refractivity contribution in [1.82, 2.24) is 14.5 Å². The van der Waals surface area contributed by atoms with Gasteiger partial charge >= 0.3 is 5.82 Å². The van der Waals surface area contributed by atoms with E-state index in [1.54, 1.807) is 0 Å². The highest BCUT2D eigenvalue weighted by Gasteiger charge is 2.31. The van der Waals surface area contributed by atoms with Crippen LogP contribution in [0.15, 0.2) is 42.9 Å². The first kappa shape index (κ1) is 16.2. The van der Waals surface area contributed by atoms with E-state index in [4.69, 9.17) is 0 Å². The van der Waals surface area contributed by atoms with Gasteiger partial charge < -0.3 is 15.0 Å². The molecule has 3 rings (SSSR count). The van der Waals surface area contributed by atoms with Crippen molar-refractivity contribution in [3.63, 3.8) is 0 Å². The Morgan fingerprint density at radius 3 is 2.54 bits per heavy atom. The maximum atomic E-state index is 13.1. The summed E-state index contributed by atoms with van der Waals surface area (Å²) in [4.78, 5) is 29.1. The topological polar surface area (TPSA) is 81.3 Å². The average molecular weight is 328 g/mol. The van der Waals surface area contributed by atoms with Gasteiger partial charge in [0.1, 0.15) is 12.2 Å². The highest BCUT2D eigenvalue weighted by Crippen LogP contribution is 2.25. The molecule has 7 nitrogen and oxygen atoms in total. The third kappa shape index (κ3) is 3.29. The van der Waals surface area contributed by atoms with Crippen LogP contribution in [0.2, 0.25) is 0 Å². The first-order valence-corrected chi connectivity index (χ1v) is 8.08. The van der Waals surface area contributed by atoms with E-state index in [2.05, 4.69) is 11.9 Å². The SMILES string of the molecule is CC1CCN(C(=O)C(c2ccccc2)n2cnc([N+](=O)[O-])c2)CC1. The van der Waals surface area contributed by atoms with E-state index in [9.17, 15) is 14.9 Å². The first-order chi connectivity index (χ1) is 11.6. The highest BCUT2D eigenvalue weighted by molar-refractivity contribution is 5.83. The zero-order valence-electron chi connectivity index (χ0n) is 13.5. The second-order valence-corrected chi connectivity index (χ2v) is 6.26. The van der Waals surface area contributed by atoms with E-state index in [0.717, 1.165) is 31.5 Å². The molecule has 0 spiro atoms. The van der Waals surface area contributed by atoms with Crippen LogP contribution >= 0.6 is 0 Å². The summed E-state index contributed by atoms with van der Waals surface area (Å²) in [5.74, 6) is 0.329. The fourth-order valence-electron chi connectivity index (χ4n) is 3.04. The van der Waals surface area contributed by atoms with Crippen LogP contribution in [0.4, 0.5) is 5.82 Å². The molecule has 7 heteroatoms. The lowest BCUT2D eigenvalue weighted by atomic mass is 9.97. The number of hydrogen-bond acceptors (Lipinski definition) is 4. The van der Waals surface area contributed by atoms with Crippen molar-refractivity contribution in [1.29, 1.82) is 0 Å². The molecule has 1 aromatic carbocycles. The molecule has 0 saturated carbocycles. The summed E-state index contributed by atoms with van der Waals surface area (Å²) in [6.07, 6.45) is 4.65. The van der Waals surface area contributed by atoms with Crippen molar-refractivity contribution in [3.8, 4) is 0 Å². The molecule has 2 heterocycles. The zero-order chi connectivity index (χ0) is 17.1. The molecule has 126 valence electrons. The summed E-state index contributed by atoms with van der Waals surface area (Å²) in [5, 5.41) is 10.9. The Hall–Kier alpha value is -2.70. The van der Waals surface area contributed by atoms with Crippen molar-refractivity contribution in [3.05, 3.63) is 58.5 Å². The van der Waals surface area contributed by atoms with E-state index >= 15 is 0 Å². The fraction of sp³-hybridized carbons (Fsp3) is 0.412. The largest absolute Gasteiger partial charge is 0.381 e. The molecule has 24 heavy (non-hydrogen) atoms. The molecular weight excluding hydrogens is 308 g/mol. The van der Waals surface area contributed by atoms with Gasteiger partial charge in [-0.05, 0) is 34.2 Å². The Bertz CT molecular complexity index is 720. The molecule has 0 aliphatic carbocycles. The maximum absolute atomic E-state index is 13.1. The van der Waals surface area contributed by atoms with E-state index in [-0.39, 0.29) is 11.7 Å². The molecular formula is C17H20N4O3. The molecule has 1 atom stereocenters. The molecule has 1 fully saturated rings. The van der Waals surface area contributed by atoms with Crippen molar-refractivity contribution in [2.45, 2.75) is 25.8 Å². The van der Waals surface area contributed by atoms with Gasteiger partial charge in [0.25, 0.3) is 0 Å². The van der Waals surface area contributed by atoms with Crippen molar-refractivity contribution >= 4 is 11.7 Å². The normalized spacial score (nSPS) is 16.8. The second-order valence-electron chi connectivity index (χ2n) is 6.26. The van der Waals surface area contributed by atoms with E-state index < -0.39 is 11.0 Å². The monoisotopic (exact) mass is 328 g/mol. The molecule has 1 aromatic heterocycles. The van der Waals surface area contributed by atoms with Crippen LogP contribution < -0.4 is 0 Å². The molecule has 1 amide bonds. The summed E-state index contributed by atoms with van der Waals surface area (Å²) >= 11 is 0. The van der Waals surface area contributed by atoms with Crippen LogP contribution in [0.5, 0.6) is 0 Å². The number of amides is 1. The van der Waals surface area contributed by atoms with Crippen LogP contribution in [-0.2, 0) is 4.79 Å². The summed E-state index contributed by atoms with van der Waals surface area (Å²) in [7, 11) is 0. The third-order valence-electron chi connectivity index (χ3n) is 4.52. The Balaban J connectivity index is 1.93. The molecule has 1 aliphatic rings. The minimum atomic E-state index is -0.624. The van der Waals surface area contributed by atoms with Gasteiger partial charge in [-0.3, -0.25) is 9.36 Å². The standard InChI is InChI=1S/C17H20N4O3/c1-13-7-9-19(10-8-13)17(22)16(14-5-3-2-4-6-14)20-11-15(18-12-20)21(23)24/h2-6,11-13,16H,7-10H2,1H3. The lowest BCUT2D eigenvalue weighted by molar-refractivity contribution is -0.389. The third-order valence-corrected chi connectivity index (χ3v) is 4.52. The molecule has 1 saturated heterocycles. The lowest BCUT2D eigenvalue weighted by Crippen LogP contribution is -2.42. The first-order valence-electron chi connectivity index (χ1n) is 8.08. The molecule has 0 bridgehead atoms. The number of nitro groups is 1. The highest BCUT2D eigenvalue weighted by atomic mass is 16.6. The van der Waals surface area contributed by atoms with Crippen LogP contribution in [0.3, 0.4) is 0 Å². The van der Waals surface area contributed by atoms with Crippen LogP contribution in [-0.4, -0.2) is 38.4 Å². The predicted octanol–water partition coefficient (Wildman–Crippen LogP) is 2.64. The maximum Gasteiger partial charge on any atom is 0.381 e. The van der Waals surface area contributed by atoms with Crippen molar-refractivity contribution in [2.24, 2.45) is 5.92 Å².